The van der Waals surface area contributed by atoms with Crippen LogP contribution in [-0.2, 0) is 20.9 Å². The summed E-state index contributed by atoms with van der Waals surface area (Å²) >= 11 is 0. The number of aryl methyl sites for hydroxylation is 1. The molecular weight excluding hydrogens is 498 g/mol. The number of hydrogen-bond donors (Lipinski definition) is 2. The molecule has 8 heteroatoms. The van der Waals surface area contributed by atoms with E-state index in [2.05, 4.69) is 0 Å². The first-order valence-electron chi connectivity index (χ1n) is 12.9. The number of likely N-dealkylation sites (tertiary alicyclic amines) is 1. The standard InChI is InChI=1S/C31H33NO7/c1-4-38-26-18-22(11-14-25(26)33)28-27(30(35)31(36)32(28)15-8-16-37-3)29(34)24-13-12-23(17-20(24)2)39-19-21-9-6-5-7-10-21/h5-7,9-14,17-18,28,33-34H,4,8,15-16,19H2,1-3H3/b29-27+/t28-/m1/s1. The van der Waals surface area contributed by atoms with Crippen LogP contribution in [0.3, 0.4) is 0 Å². The number of methoxy groups -OCH3 is 1. The number of aliphatic hydroxyl groups excluding tert-OH is 1. The van der Waals surface area contributed by atoms with Crippen molar-refractivity contribution in [2.75, 3.05) is 26.9 Å². The van der Waals surface area contributed by atoms with E-state index < -0.39 is 17.7 Å². The van der Waals surface area contributed by atoms with E-state index in [0.29, 0.717) is 48.7 Å². The molecule has 4 rings (SSSR count). The van der Waals surface area contributed by atoms with Crippen molar-refractivity contribution in [2.45, 2.75) is 32.9 Å². The topological polar surface area (TPSA) is 106 Å². The summed E-state index contributed by atoms with van der Waals surface area (Å²) in [5.41, 5.74) is 2.64. The Balaban J connectivity index is 1.73. The molecule has 0 spiro atoms. The van der Waals surface area contributed by atoms with Gasteiger partial charge in [0.15, 0.2) is 11.5 Å². The molecule has 0 bridgehead atoms. The molecule has 8 nitrogen and oxygen atoms in total. The summed E-state index contributed by atoms with van der Waals surface area (Å²) in [6.45, 7) is 4.96. The number of benzene rings is 3. The van der Waals surface area contributed by atoms with Gasteiger partial charge in [0, 0.05) is 25.8 Å². The zero-order valence-corrected chi connectivity index (χ0v) is 22.3. The molecule has 1 heterocycles. The van der Waals surface area contributed by atoms with Crippen molar-refractivity contribution in [3.8, 4) is 17.2 Å². The van der Waals surface area contributed by atoms with Crippen molar-refractivity contribution < 1.29 is 34.0 Å². The maximum absolute atomic E-state index is 13.3. The summed E-state index contributed by atoms with van der Waals surface area (Å²) in [6, 6.07) is 18.8. The summed E-state index contributed by atoms with van der Waals surface area (Å²) in [5, 5.41) is 21.7. The summed E-state index contributed by atoms with van der Waals surface area (Å²) in [6.07, 6.45) is 0.503. The molecule has 0 aliphatic carbocycles. The van der Waals surface area contributed by atoms with E-state index in [1.807, 2.05) is 37.3 Å². The lowest BCUT2D eigenvalue weighted by molar-refractivity contribution is -0.140. The Morgan fingerprint density at radius 3 is 2.46 bits per heavy atom. The summed E-state index contributed by atoms with van der Waals surface area (Å²) in [7, 11) is 1.57. The summed E-state index contributed by atoms with van der Waals surface area (Å²) < 4.78 is 16.6. The molecule has 3 aromatic rings. The van der Waals surface area contributed by atoms with Gasteiger partial charge in [-0.1, -0.05) is 36.4 Å². The van der Waals surface area contributed by atoms with Crippen molar-refractivity contribution >= 4 is 17.4 Å². The van der Waals surface area contributed by atoms with Crippen molar-refractivity contribution in [3.05, 3.63) is 94.6 Å². The Morgan fingerprint density at radius 1 is 1.00 bits per heavy atom. The first-order chi connectivity index (χ1) is 18.8. The molecule has 204 valence electrons. The Bertz CT molecular complexity index is 1370. The van der Waals surface area contributed by atoms with Gasteiger partial charge in [0.05, 0.1) is 18.2 Å². The van der Waals surface area contributed by atoms with Gasteiger partial charge >= 0.3 is 0 Å². The predicted octanol–water partition coefficient (Wildman–Crippen LogP) is 5.14. The SMILES string of the molecule is CCOc1cc([C@@H]2/C(=C(\O)c3ccc(OCc4ccccc4)cc3C)C(=O)C(=O)N2CCCOC)ccc1O. The number of ketones is 1. The van der Waals surface area contributed by atoms with Crippen LogP contribution < -0.4 is 9.47 Å². The van der Waals surface area contributed by atoms with E-state index >= 15 is 0 Å². The van der Waals surface area contributed by atoms with Crippen molar-refractivity contribution in [3.63, 3.8) is 0 Å². The van der Waals surface area contributed by atoms with Crippen molar-refractivity contribution in [1.29, 1.82) is 0 Å². The molecule has 0 radical (unpaired) electrons. The molecule has 1 saturated heterocycles. The normalized spacial score (nSPS) is 16.5. The van der Waals surface area contributed by atoms with Crippen LogP contribution in [0.25, 0.3) is 5.76 Å². The predicted molar refractivity (Wildman–Crippen MR) is 147 cm³/mol. The fourth-order valence-electron chi connectivity index (χ4n) is 4.69. The molecule has 0 aromatic heterocycles. The zero-order valence-electron chi connectivity index (χ0n) is 22.3. The second-order valence-corrected chi connectivity index (χ2v) is 9.25. The largest absolute Gasteiger partial charge is 0.507 e. The van der Waals surface area contributed by atoms with Gasteiger partial charge in [-0.25, -0.2) is 0 Å². The van der Waals surface area contributed by atoms with E-state index in [4.69, 9.17) is 14.2 Å². The lowest BCUT2D eigenvalue weighted by atomic mass is 9.93. The monoisotopic (exact) mass is 531 g/mol. The van der Waals surface area contributed by atoms with Crippen LogP contribution in [0.5, 0.6) is 17.2 Å². The number of Topliss-reactive ketones (excluding diaryl/α,β-unsaturated/α-hetero) is 1. The minimum absolute atomic E-state index is 0.0217. The highest BCUT2D eigenvalue weighted by Crippen LogP contribution is 2.42. The van der Waals surface area contributed by atoms with Crippen LogP contribution in [0.15, 0.2) is 72.3 Å². The van der Waals surface area contributed by atoms with E-state index in [0.717, 1.165) is 5.56 Å². The Morgan fingerprint density at radius 2 is 1.77 bits per heavy atom. The molecule has 0 unspecified atom stereocenters. The van der Waals surface area contributed by atoms with Gasteiger partial charge in [0.2, 0.25) is 0 Å². The molecule has 1 atom stereocenters. The number of ether oxygens (including phenoxy) is 3. The average Bonchev–Trinajstić information content (AvgIpc) is 3.19. The van der Waals surface area contributed by atoms with Gasteiger partial charge < -0.3 is 29.3 Å². The van der Waals surface area contributed by atoms with Gasteiger partial charge in [0.1, 0.15) is 18.1 Å². The molecule has 2 N–H and O–H groups in total. The number of aliphatic hydroxyl groups is 1. The lowest BCUT2D eigenvalue weighted by Crippen LogP contribution is -2.31. The molecular formula is C31H33NO7. The highest BCUT2D eigenvalue weighted by molar-refractivity contribution is 6.46. The van der Waals surface area contributed by atoms with Crippen LogP contribution in [0.4, 0.5) is 0 Å². The fourth-order valence-corrected chi connectivity index (χ4v) is 4.69. The molecule has 39 heavy (non-hydrogen) atoms. The first-order valence-corrected chi connectivity index (χ1v) is 12.9. The van der Waals surface area contributed by atoms with Gasteiger partial charge in [-0.05, 0) is 67.3 Å². The third-order valence-electron chi connectivity index (χ3n) is 6.59. The number of nitrogens with zero attached hydrogens (tertiary/aromatic N) is 1. The number of carbonyl (C=O) groups is 2. The first kappa shape index (κ1) is 27.7. The lowest BCUT2D eigenvalue weighted by Gasteiger charge is -2.26. The number of phenolic OH excluding ortho intramolecular Hbond substituents is 1. The van der Waals surface area contributed by atoms with Gasteiger partial charge in [-0.2, -0.15) is 0 Å². The van der Waals surface area contributed by atoms with E-state index in [-0.39, 0.29) is 29.4 Å². The van der Waals surface area contributed by atoms with Crippen LogP contribution >= 0.6 is 0 Å². The average molecular weight is 532 g/mol. The van der Waals surface area contributed by atoms with Gasteiger partial charge in [0.25, 0.3) is 11.7 Å². The molecule has 1 amide bonds. The Hall–Kier alpha value is -4.30. The van der Waals surface area contributed by atoms with Crippen LogP contribution in [0.2, 0.25) is 0 Å². The third-order valence-corrected chi connectivity index (χ3v) is 6.59. The van der Waals surface area contributed by atoms with Gasteiger partial charge in [-0.3, -0.25) is 9.59 Å². The van der Waals surface area contributed by atoms with Gasteiger partial charge in [-0.15, -0.1) is 0 Å². The zero-order chi connectivity index (χ0) is 27.9. The second-order valence-electron chi connectivity index (χ2n) is 9.25. The van der Waals surface area contributed by atoms with Crippen molar-refractivity contribution in [2.24, 2.45) is 0 Å². The maximum Gasteiger partial charge on any atom is 0.295 e. The molecule has 3 aromatic carbocycles. The highest BCUT2D eigenvalue weighted by Gasteiger charge is 2.46. The fraction of sp³-hybridized carbons (Fsp3) is 0.290. The minimum Gasteiger partial charge on any atom is -0.507 e. The smallest absolute Gasteiger partial charge is 0.295 e. The molecule has 1 aliphatic heterocycles. The van der Waals surface area contributed by atoms with Crippen LogP contribution in [0, 0.1) is 6.92 Å². The number of carbonyl (C=O) groups excluding carboxylic acids is 2. The second kappa shape index (κ2) is 12.5. The van der Waals surface area contributed by atoms with E-state index in [1.165, 1.54) is 11.0 Å². The third kappa shape index (κ3) is 6.07. The number of phenols is 1. The molecule has 0 saturated carbocycles. The van der Waals surface area contributed by atoms with Crippen molar-refractivity contribution in [1.82, 2.24) is 4.90 Å². The van der Waals surface area contributed by atoms with E-state index in [9.17, 15) is 19.8 Å². The number of rotatable bonds is 11. The number of hydrogen-bond acceptors (Lipinski definition) is 7. The summed E-state index contributed by atoms with van der Waals surface area (Å²) in [4.78, 5) is 27.9. The minimum atomic E-state index is -0.866. The number of amides is 1. The Kier molecular flexibility index (Phi) is 8.88. The maximum atomic E-state index is 13.3. The van der Waals surface area contributed by atoms with Crippen LogP contribution in [0.1, 0.15) is 41.6 Å². The summed E-state index contributed by atoms with van der Waals surface area (Å²) in [5.74, 6) is -0.962. The molecule has 1 aliphatic rings. The van der Waals surface area contributed by atoms with Crippen LogP contribution in [-0.4, -0.2) is 53.7 Å². The number of aromatic hydroxyl groups is 1. The highest BCUT2D eigenvalue weighted by atomic mass is 16.5. The molecule has 1 fully saturated rings. The quantitative estimate of drug-likeness (QED) is 0.153. The Labute approximate surface area is 228 Å². The van der Waals surface area contributed by atoms with E-state index in [1.54, 1.807) is 44.4 Å².